The van der Waals surface area contributed by atoms with Crippen LogP contribution in [0, 0.1) is 0 Å². The van der Waals surface area contributed by atoms with E-state index < -0.39 is 0 Å². The third kappa shape index (κ3) is 4.78. The molecule has 1 aromatic heterocycles. The fourth-order valence-electron chi connectivity index (χ4n) is 3.73. The van der Waals surface area contributed by atoms with Crippen LogP contribution in [0.4, 0.5) is 5.69 Å². The van der Waals surface area contributed by atoms with Crippen molar-refractivity contribution in [2.45, 2.75) is 18.9 Å². The topological polar surface area (TPSA) is 74.6 Å². The van der Waals surface area contributed by atoms with Gasteiger partial charge in [0.15, 0.2) is 0 Å². The molecule has 1 atom stereocenters. The zero-order chi connectivity index (χ0) is 20.8. The smallest absolute Gasteiger partial charge is 0.255 e. The summed E-state index contributed by atoms with van der Waals surface area (Å²) in [5.74, 6) is 0.544. The van der Waals surface area contributed by atoms with Crippen molar-refractivity contribution in [2.75, 3.05) is 25.0 Å². The number of carbonyl (C=O) groups is 2. The van der Waals surface area contributed by atoms with Crippen LogP contribution >= 0.6 is 0 Å². The maximum Gasteiger partial charge on any atom is 0.255 e. The second kappa shape index (κ2) is 9.41. The van der Waals surface area contributed by atoms with E-state index in [2.05, 4.69) is 15.5 Å². The highest BCUT2D eigenvalue weighted by atomic mass is 16.3. The van der Waals surface area contributed by atoms with Gasteiger partial charge >= 0.3 is 0 Å². The van der Waals surface area contributed by atoms with E-state index in [-0.39, 0.29) is 17.9 Å². The van der Waals surface area contributed by atoms with Gasteiger partial charge in [-0.15, -0.1) is 0 Å². The third-order valence-electron chi connectivity index (χ3n) is 5.35. The molecule has 6 heteroatoms. The van der Waals surface area contributed by atoms with Crippen molar-refractivity contribution in [2.24, 2.45) is 0 Å². The standard InChI is InChI=1S/C24H25N3O3/c28-23(25-17-21(22-9-6-16-30-22)27-14-4-5-15-27)19-10-12-20(13-11-19)26-24(29)18-7-2-1-3-8-18/h1-3,6-13,16,21H,4-5,14-15,17H2,(H,25,28)(H,26,29). The zero-order valence-electron chi connectivity index (χ0n) is 16.7. The number of rotatable bonds is 7. The maximum absolute atomic E-state index is 12.6. The van der Waals surface area contributed by atoms with Crippen LogP contribution in [0.1, 0.15) is 45.4 Å². The van der Waals surface area contributed by atoms with Crippen LogP contribution in [0.5, 0.6) is 0 Å². The predicted octanol–water partition coefficient (Wildman–Crippen LogP) is 4.10. The summed E-state index contributed by atoms with van der Waals surface area (Å²) in [6, 6.07) is 19.8. The average Bonchev–Trinajstić information content (AvgIpc) is 3.50. The van der Waals surface area contributed by atoms with Gasteiger partial charge in [0.2, 0.25) is 0 Å². The van der Waals surface area contributed by atoms with Crippen molar-refractivity contribution in [3.63, 3.8) is 0 Å². The lowest BCUT2D eigenvalue weighted by atomic mass is 10.1. The Morgan fingerprint density at radius 1 is 0.867 bits per heavy atom. The van der Waals surface area contributed by atoms with E-state index in [1.54, 1.807) is 42.7 Å². The van der Waals surface area contributed by atoms with Gasteiger partial charge in [-0.05, 0) is 74.5 Å². The number of amides is 2. The number of likely N-dealkylation sites (tertiary alicyclic amines) is 1. The molecule has 4 rings (SSSR count). The number of hydrogen-bond acceptors (Lipinski definition) is 4. The van der Waals surface area contributed by atoms with Gasteiger partial charge in [0.1, 0.15) is 5.76 Å². The minimum atomic E-state index is -0.181. The monoisotopic (exact) mass is 403 g/mol. The van der Waals surface area contributed by atoms with E-state index in [1.165, 1.54) is 12.8 Å². The van der Waals surface area contributed by atoms with Crippen LogP contribution in [0.2, 0.25) is 0 Å². The van der Waals surface area contributed by atoms with Crippen molar-refractivity contribution in [1.29, 1.82) is 0 Å². The van der Waals surface area contributed by atoms with Gasteiger partial charge in [-0.25, -0.2) is 0 Å². The Morgan fingerprint density at radius 2 is 1.57 bits per heavy atom. The lowest BCUT2D eigenvalue weighted by Crippen LogP contribution is -2.36. The van der Waals surface area contributed by atoms with E-state index in [0.717, 1.165) is 18.8 Å². The van der Waals surface area contributed by atoms with E-state index in [1.807, 2.05) is 30.3 Å². The van der Waals surface area contributed by atoms with Crippen LogP contribution in [-0.4, -0.2) is 36.3 Å². The Morgan fingerprint density at radius 3 is 2.23 bits per heavy atom. The second-order valence-electron chi connectivity index (χ2n) is 7.38. The molecule has 0 spiro atoms. The Labute approximate surface area is 175 Å². The third-order valence-corrected chi connectivity index (χ3v) is 5.35. The van der Waals surface area contributed by atoms with Gasteiger partial charge < -0.3 is 15.1 Å². The maximum atomic E-state index is 12.6. The fourth-order valence-corrected chi connectivity index (χ4v) is 3.73. The van der Waals surface area contributed by atoms with Gasteiger partial charge in [-0.1, -0.05) is 18.2 Å². The number of hydrogen-bond donors (Lipinski definition) is 2. The summed E-state index contributed by atoms with van der Waals surface area (Å²) in [7, 11) is 0. The molecular weight excluding hydrogens is 378 g/mol. The Balaban J connectivity index is 1.35. The van der Waals surface area contributed by atoms with Crippen LogP contribution in [0.3, 0.4) is 0 Å². The summed E-state index contributed by atoms with van der Waals surface area (Å²) in [5, 5.41) is 5.86. The van der Waals surface area contributed by atoms with Gasteiger partial charge in [0.05, 0.1) is 12.3 Å². The van der Waals surface area contributed by atoms with Gasteiger partial charge in [-0.3, -0.25) is 14.5 Å². The fraction of sp³-hybridized carbons (Fsp3) is 0.250. The first-order valence-corrected chi connectivity index (χ1v) is 10.2. The summed E-state index contributed by atoms with van der Waals surface area (Å²) in [6.45, 7) is 2.51. The van der Waals surface area contributed by atoms with Crippen LogP contribution < -0.4 is 10.6 Å². The molecule has 2 heterocycles. The normalized spacial score (nSPS) is 14.9. The number of anilines is 1. The molecule has 154 valence electrons. The summed E-state index contributed by atoms with van der Waals surface area (Å²) < 4.78 is 5.60. The minimum Gasteiger partial charge on any atom is -0.468 e. The highest BCUT2D eigenvalue weighted by molar-refractivity contribution is 6.04. The molecule has 1 aliphatic heterocycles. The lowest BCUT2D eigenvalue weighted by molar-refractivity contribution is 0.0933. The molecule has 1 fully saturated rings. The van der Waals surface area contributed by atoms with Gasteiger partial charge in [0.25, 0.3) is 11.8 Å². The molecule has 1 saturated heterocycles. The number of carbonyl (C=O) groups excluding carboxylic acids is 2. The van der Waals surface area contributed by atoms with E-state index in [0.29, 0.717) is 23.4 Å². The lowest BCUT2D eigenvalue weighted by Gasteiger charge is -2.26. The van der Waals surface area contributed by atoms with Crippen molar-refractivity contribution in [3.05, 3.63) is 89.9 Å². The molecule has 1 unspecified atom stereocenters. The minimum absolute atomic E-state index is 0.0379. The second-order valence-corrected chi connectivity index (χ2v) is 7.38. The molecule has 0 bridgehead atoms. The van der Waals surface area contributed by atoms with Crippen LogP contribution in [0.15, 0.2) is 77.4 Å². The highest BCUT2D eigenvalue weighted by Crippen LogP contribution is 2.25. The predicted molar refractivity (Wildman–Crippen MR) is 115 cm³/mol. The molecule has 2 amide bonds. The van der Waals surface area contributed by atoms with Crippen molar-refractivity contribution in [3.8, 4) is 0 Å². The van der Waals surface area contributed by atoms with E-state index >= 15 is 0 Å². The summed E-state index contributed by atoms with van der Waals surface area (Å²) in [6.07, 6.45) is 4.01. The van der Waals surface area contributed by atoms with Gasteiger partial charge in [0, 0.05) is 23.4 Å². The van der Waals surface area contributed by atoms with Crippen molar-refractivity contribution >= 4 is 17.5 Å². The van der Waals surface area contributed by atoms with Crippen molar-refractivity contribution < 1.29 is 14.0 Å². The molecular formula is C24H25N3O3. The quantitative estimate of drug-likeness (QED) is 0.623. The molecule has 2 N–H and O–H groups in total. The highest BCUT2D eigenvalue weighted by Gasteiger charge is 2.26. The molecule has 1 aliphatic rings. The molecule has 0 saturated carbocycles. The number of nitrogens with one attached hydrogen (secondary N) is 2. The molecule has 6 nitrogen and oxygen atoms in total. The molecule has 30 heavy (non-hydrogen) atoms. The first-order chi connectivity index (χ1) is 14.7. The largest absolute Gasteiger partial charge is 0.468 e. The first-order valence-electron chi connectivity index (χ1n) is 10.2. The summed E-state index contributed by atoms with van der Waals surface area (Å²) in [5.41, 5.74) is 1.78. The molecule has 3 aromatic rings. The summed E-state index contributed by atoms with van der Waals surface area (Å²) in [4.78, 5) is 27.2. The number of furan rings is 1. The molecule has 2 aromatic carbocycles. The average molecular weight is 403 g/mol. The molecule has 0 aliphatic carbocycles. The molecule has 0 radical (unpaired) electrons. The number of nitrogens with zero attached hydrogens (tertiary/aromatic N) is 1. The zero-order valence-corrected chi connectivity index (χ0v) is 16.7. The Bertz CT molecular complexity index is 963. The van der Waals surface area contributed by atoms with Gasteiger partial charge in [-0.2, -0.15) is 0 Å². The number of benzene rings is 2. The van der Waals surface area contributed by atoms with Crippen LogP contribution in [-0.2, 0) is 0 Å². The Kier molecular flexibility index (Phi) is 6.25. The van der Waals surface area contributed by atoms with E-state index in [4.69, 9.17) is 4.42 Å². The Hall–Kier alpha value is -3.38. The van der Waals surface area contributed by atoms with Crippen molar-refractivity contribution in [1.82, 2.24) is 10.2 Å². The van der Waals surface area contributed by atoms with E-state index in [9.17, 15) is 9.59 Å². The summed E-state index contributed by atoms with van der Waals surface area (Å²) >= 11 is 0. The first kappa shape index (κ1) is 19.9. The van der Waals surface area contributed by atoms with Crippen LogP contribution in [0.25, 0.3) is 0 Å². The SMILES string of the molecule is O=C(NCC(c1ccco1)N1CCCC1)c1ccc(NC(=O)c2ccccc2)cc1.